The summed E-state index contributed by atoms with van der Waals surface area (Å²) in [6.45, 7) is -0.623. The largest absolute Gasteiger partial charge is 0.394 e. The van der Waals surface area contributed by atoms with Gasteiger partial charge in [-0.2, -0.15) is 0 Å². The molecule has 1 rings (SSSR count). The predicted octanol–water partition coefficient (Wildman–Crippen LogP) is -2.28. The van der Waals surface area contributed by atoms with E-state index in [4.69, 9.17) is 9.84 Å². The van der Waals surface area contributed by atoms with Crippen molar-refractivity contribution in [1.82, 2.24) is 0 Å². The molecule has 0 amide bonds. The molecule has 0 aromatic carbocycles. The Kier molecular flexibility index (Phi) is 2.97. The number of hydrogen-bond acceptors (Lipinski definition) is 6. The standard InChI is InChI=1S/C6H12O5S/c7-1-3-4(8)5(9)6(10,12)2-11-3/h3-5,7-10,12H,1-2H2/t3-,4+,5+,6+/m1/s1. The van der Waals surface area contributed by atoms with Crippen molar-refractivity contribution in [2.75, 3.05) is 13.2 Å². The zero-order valence-corrected chi connectivity index (χ0v) is 7.19. The number of aliphatic hydroxyl groups excluding tert-OH is 3. The van der Waals surface area contributed by atoms with Crippen LogP contribution >= 0.6 is 12.6 Å². The Balaban J connectivity index is 2.65. The lowest BCUT2D eigenvalue weighted by atomic mass is 10.0. The van der Waals surface area contributed by atoms with Crippen LogP contribution in [0.5, 0.6) is 0 Å². The van der Waals surface area contributed by atoms with E-state index in [9.17, 15) is 15.3 Å². The minimum absolute atomic E-state index is 0.223. The summed E-state index contributed by atoms with van der Waals surface area (Å²) < 4.78 is 4.84. The third-order valence-corrected chi connectivity index (χ3v) is 2.26. The van der Waals surface area contributed by atoms with E-state index in [1.165, 1.54) is 0 Å². The van der Waals surface area contributed by atoms with Gasteiger partial charge in [0.25, 0.3) is 0 Å². The second-order valence-electron chi connectivity index (χ2n) is 2.85. The molecule has 1 saturated heterocycles. The lowest BCUT2D eigenvalue weighted by Gasteiger charge is -2.39. The minimum atomic E-state index is -1.74. The number of rotatable bonds is 1. The maximum atomic E-state index is 9.27. The highest BCUT2D eigenvalue weighted by molar-refractivity contribution is 7.81. The highest BCUT2D eigenvalue weighted by Gasteiger charge is 2.45. The van der Waals surface area contributed by atoms with Crippen molar-refractivity contribution in [2.24, 2.45) is 0 Å². The maximum absolute atomic E-state index is 9.27. The molecule has 1 heterocycles. The second-order valence-corrected chi connectivity index (χ2v) is 3.62. The first-order valence-electron chi connectivity index (χ1n) is 3.52. The topological polar surface area (TPSA) is 90.2 Å². The molecule has 1 aliphatic heterocycles. The summed E-state index contributed by atoms with van der Waals surface area (Å²) in [6.07, 6.45) is -3.58. The molecule has 6 heteroatoms. The van der Waals surface area contributed by atoms with Gasteiger partial charge in [-0.05, 0) is 0 Å². The van der Waals surface area contributed by atoms with Crippen LogP contribution in [0.15, 0.2) is 0 Å². The van der Waals surface area contributed by atoms with Gasteiger partial charge in [0.15, 0.2) is 4.93 Å². The summed E-state index contributed by atoms with van der Waals surface area (Å²) in [5.74, 6) is 0. The van der Waals surface area contributed by atoms with Gasteiger partial charge in [0, 0.05) is 0 Å². The van der Waals surface area contributed by atoms with Crippen LogP contribution in [0, 0.1) is 0 Å². The summed E-state index contributed by atoms with van der Waals surface area (Å²) in [5.41, 5.74) is 0. The molecule has 4 atom stereocenters. The predicted molar refractivity (Wildman–Crippen MR) is 42.8 cm³/mol. The normalized spacial score (nSPS) is 49.2. The Bertz CT molecular complexity index is 162. The van der Waals surface area contributed by atoms with Crippen LogP contribution in [-0.2, 0) is 4.74 Å². The fourth-order valence-electron chi connectivity index (χ4n) is 1.05. The van der Waals surface area contributed by atoms with Gasteiger partial charge in [-0.15, -0.1) is 12.6 Å². The molecule has 0 radical (unpaired) electrons. The third kappa shape index (κ3) is 1.73. The Labute approximate surface area is 75.0 Å². The van der Waals surface area contributed by atoms with Crippen LogP contribution in [0.2, 0.25) is 0 Å². The van der Waals surface area contributed by atoms with Gasteiger partial charge in [-0.1, -0.05) is 0 Å². The van der Waals surface area contributed by atoms with E-state index in [1.54, 1.807) is 0 Å². The lowest BCUT2D eigenvalue weighted by Crippen LogP contribution is -2.59. The smallest absolute Gasteiger partial charge is 0.159 e. The van der Waals surface area contributed by atoms with Gasteiger partial charge in [0.05, 0.1) is 13.2 Å². The van der Waals surface area contributed by atoms with E-state index >= 15 is 0 Å². The van der Waals surface area contributed by atoms with Crippen LogP contribution in [0.25, 0.3) is 0 Å². The lowest BCUT2D eigenvalue weighted by molar-refractivity contribution is -0.206. The van der Waals surface area contributed by atoms with E-state index in [-0.39, 0.29) is 6.61 Å². The molecule has 72 valence electrons. The number of hydrogen-bond donors (Lipinski definition) is 5. The number of ether oxygens (including phenoxy) is 1. The van der Waals surface area contributed by atoms with E-state index < -0.39 is 29.9 Å². The van der Waals surface area contributed by atoms with Crippen LogP contribution in [0.1, 0.15) is 0 Å². The first-order valence-corrected chi connectivity index (χ1v) is 3.97. The number of aliphatic hydroxyl groups is 4. The highest BCUT2D eigenvalue weighted by Crippen LogP contribution is 2.26. The van der Waals surface area contributed by atoms with Crippen LogP contribution in [0.4, 0.5) is 0 Å². The highest BCUT2D eigenvalue weighted by atomic mass is 32.1. The first kappa shape index (κ1) is 10.2. The molecule has 0 aromatic heterocycles. The molecule has 12 heavy (non-hydrogen) atoms. The van der Waals surface area contributed by atoms with E-state index in [1.807, 2.05) is 0 Å². The van der Waals surface area contributed by atoms with Gasteiger partial charge in [0.2, 0.25) is 0 Å². The summed E-state index contributed by atoms with van der Waals surface area (Å²) in [5, 5.41) is 36.4. The van der Waals surface area contributed by atoms with Crippen molar-refractivity contribution in [3.8, 4) is 0 Å². The maximum Gasteiger partial charge on any atom is 0.159 e. The zero-order chi connectivity index (χ0) is 9.35. The summed E-state index contributed by atoms with van der Waals surface area (Å²) >= 11 is 3.69. The average molecular weight is 196 g/mol. The molecule has 4 N–H and O–H groups in total. The van der Waals surface area contributed by atoms with Gasteiger partial charge in [-0.25, -0.2) is 0 Å². The van der Waals surface area contributed by atoms with Crippen molar-refractivity contribution < 1.29 is 25.2 Å². The summed E-state index contributed by atoms with van der Waals surface area (Å²) in [4.78, 5) is -1.74. The molecule has 0 aliphatic carbocycles. The van der Waals surface area contributed by atoms with Crippen molar-refractivity contribution in [3.63, 3.8) is 0 Å². The molecule has 0 bridgehead atoms. The number of thiol groups is 1. The van der Waals surface area contributed by atoms with Crippen molar-refractivity contribution in [1.29, 1.82) is 0 Å². The van der Waals surface area contributed by atoms with Crippen molar-refractivity contribution >= 4 is 12.6 Å². The van der Waals surface area contributed by atoms with Gasteiger partial charge < -0.3 is 25.2 Å². The zero-order valence-electron chi connectivity index (χ0n) is 6.29. The Hall–Kier alpha value is 0.150. The van der Waals surface area contributed by atoms with Crippen LogP contribution in [0.3, 0.4) is 0 Å². The van der Waals surface area contributed by atoms with E-state index in [0.717, 1.165) is 0 Å². The molecule has 0 spiro atoms. The SMILES string of the molecule is OC[C@H]1OC[C@](O)(S)[C@@H](O)[C@H]1O. The first-order chi connectivity index (χ1) is 5.49. The van der Waals surface area contributed by atoms with Gasteiger partial charge in [-0.3, -0.25) is 0 Å². The van der Waals surface area contributed by atoms with Gasteiger partial charge in [0.1, 0.15) is 18.3 Å². The fraction of sp³-hybridized carbons (Fsp3) is 1.00. The summed E-state index contributed by atoms with van der Waals surface area (Å²) in [7, 11) is 0. The molecule has 0 unspecified atom stereocenters. The third-order valence-electron chi connectivity index (χ3n) is 1.87. The fourth-order valence-corrected chi connectivity index (χ4v) is 1.28. The molecule has 0 saturated carbocycles. The molecular formula is C6H12O5S. The van der Waals surface area contributed by atoms with Crippen LogP contribution in [-0.4, -0.2) is 56.9 Å². The van der Waals surface area contributed by atoms with E-state index in [2.05, 4.69) is 12.6 Å². The van der Waals surface area contributed by atoms with Crippen molar-refractivity contribution in [2.45, 2.75) is 23.2 Å². The molecule has 5 nitrogen and oxygen atoms in total. The van der Waals surface area contributed by atoms with Crippen LogP contribution < -0.4 is 0 Å². The Morgan fingerprint density at radius 2 is 2.08 bits per heavy atom. The quantitative estimate of drug-likeness (QED) is 0.241. The van der Waals surface area contributed by atoms with Crippen molar-refractivity contribution in [3.05, 3.63) is 0 Å². The summed E-state index contributed by atoms with van der Waals surface area (Å²) in [6, 6.07) is 0. The monoisotopic (exact) mass is 196 g/mol. The Morgan fingerprint density at radius 1 is 1.50 bits per heavy atom. The molecule has 1 fully saturated rings. The van der Waals surface area contributed by atoms with E-state index in [0.29, 0.717) is 0 Å². The molecular weight excluding hydrogens is 184 g/mol. The van der Waals surface area contributed by atoms with Gasteiger partial charge >= 0.3 is 0 Å². The Morgan fingerprint density at radius 3 is 2.58 bits per heavy atom. The molecule has 1 aliphatic rings. The average Bonchev–Trinajstić information content (AvgIpc) is 2.01. The second kappa shape index (κ2) is 3.49. The minimum Gasteiger partial charge on any atom is -0.394 e. The molecule has 0 aromatic rings.